The lowest BCUT2D eigenvalue weighted by molar-refractivity contribution is 0.621. The van der Waals surface area contributed by atoms with Gasteiger partial charge < -0.3 is 4.57 Å². The normalized spacial score (nSPS) is 12.0. The molecule has 5 rings (SSSR count). The fraction of sp³-hybridized carbons (Fsp3) is 0.176. The van der Waals surface area contributed by atoms with Gasteiger partial charge in [-0.15, -0.1) is 12.4 Å². The molecule has 1 aliphatic heterocycles. The van der Waals surface area contributed by atoms with Gasteiger partial charge in [0.2, 0.25) is 0 Å². The number of imidazole rings is 1. The number of nitrogens with zero attached hydrogens (tertiary/aromatic N) is 7. The highest BCUT2D eigenvalue weighted by Crippen LogP contribution is 2.33. The van der Waals surface area contributed by atoms with E-state index in [0.29, 0.717) is 23.9 Å². The quantitative estimate of drug-likeness (QED) is 0.396. The number of aryl methyl sites for hydroxylation is 1. The maximum Gasteiger partial charge on any atom is 0.172 e. The van der Waals surface area contributed by atoms with Crippen LogP contribution < -0.4 is 0 Å². The van der Waals surface area contributed by atoms with Crippen molar-refractivity contribution in [1.29, 1.82) is 0 Å². The van der Waals surface area contributed by atoms with Crippen molar-refractivity contribution in [3.63, 3.8) is 0 Å². The Morgan fingerprint density at radius 1 is 1.30 bits per heavy atom. The van der Waals surface area contributed by atoms with Gasteiger partial charge in [0.05, 0.1) is 41.2 Å². The minimum absolute atomic E-state index is 0. The lowest BCUT2D eigenvalue weighted by Crippen LogP contribution is -2.07. The van der Waals surface area contributed by atoms with Gasteiger partial charge in [0, 0.05) is 16.2 Å². The van der Waals surface area contributed by atoms with E-state index in [1.165, 1.54) is 0 Å². The number of hydrogen-bond donors (Lipinski definition) is 0. The summed E-state index contributed by atoms with van der Waals surface area (Å²) in [6.07, 6.45) is 5.23. The van der Waals surface area contributed by atoms with Crippen molar-refractivity contribution in [2.45, 2.75) is 20.0 Å². The Labute approximate surface area is 174 Å². The van der Waals surface area contributed by atoms with Crippen molar-refractivity contribution in [3.05, 3.63) is 63.6 Å². The molecule has 4 heterocycles. The van der Waals surface area contributed by atoms with Gasteiger partial charge >= 0.3 is 0 Å². The third-order valence-electron chi connectivity index (χ3n) is 4.45. The lowest BCUT2D eigenvalue weighted by atomic mass is 10.1. The van der Waals surface area contributed by atoms with Crippen LogP contribution in [-0.4, -0.2) is 34.1 Å². The highest BCUT2D eigenvalue weighted by Gasteiger charge is 2.24. The minimum Gasteiger partial charge on any atom is -0.300 e. The number of benzene rings is 1. The number of halogens is 3. The molecule has 1 aliphatic rings. The maximum absolute atomic E-state index is 5.95. The molecule has 0 bridgehead atoms. The molecule has 1 aromatic carbocycles. The molecule has 10 heteroatoms. The van der Waals surface area contributed by atoms with Crippen LogP contribution in [-0.2, 0) is 13.1 Å². The zero-order valence-electron chi connectivity index (χ0n) is 14.2. The molecule has 0 unspecified atom stereocenters. The Morgan fingerprint density at radius 3 is 2.93 bits per heavy atom. The van der Waals surface area contributed by atoms with Crippen LogP contribution in [0, 0.1) is 6.92 Å². The van der Waals surface area contributed by atoms with Crippen LogP contribution in [0.5, 0.6) is 0 Å². The summed E-state index contributed by atoms with van der Waals surface area (Å²) in [6, 6.07) is 6.16. The van der Waals surface area contributed by atoms with Crippen molar-refractivity contribution in [2.75, 3.05) is 0 Å². The van der Waals surface area contributed by atoms with Crippen LogP contribution in [0.3, 0.4) is 0 Å². The van der Waals surface area contributed by atoms with E-state index < -0.39 is 0 Å². The average Bonchev–Trinajstić information content (AvgIpc) is 3.28. The van der Waals surface area contributed by atoms with E-state index in [4.69, 9.17) is 21.7 Å². The Morgan fingerprint density at radius 2 is 2.15 bits per heavy atom. The van der Waals surface area contributed by atoms with Crippen LogP contribution in [0.4, 0.5) is 0 Å². The summed E-state index contributed by atoms with van der Waals surface area (Å²) in [7, 11) is 0. The molecule has 138 valence electrons. The van der Waals surface area contributed by atoms with Crippen LogP contribution in [0.25, 0.3) is 17.1 Å². The smallest absolute Gasteiger partial charge is 0.172 e. The highest BCUT2D eigenvalue weighted by molar-refractivity contribution is 9.10. The third kappa shape index (κ3) is 3.07. The monoisotopic (exact) mass is 465 g/mol. The van der Waals surface area contributed by atoms with Crippen LogP contribution in [0.1, 0.15) is 17.2 Å². The number of rotatable bonds is 2. The molecule has 27 heavy (non-hydrogen) atoms. The van der Waals surface area contributed by atoms with E-state index in [0.717, 1.165) is 32.9 Å². The predicted octanol–water partition coefficient (Wildman–Crippen LogP) is 3.88. The van der Waals surface area contributed by atoms with E-state index in [9.17, 15) is 0 Å². The third-order valence-corrected chi connectivity index (χ3v) is 5.14. The van der Waals surface area contributed by atoms with Gasteiger partial charge in [-0.05, 0) is 25.1 Å². The average molecular weight is 467 g/mol. The molecule has 0 N–H and O–H groups in total. The molecular formula is C17H14BrCl2N7. The standard InChI is InChI=1S/C17H13BrClN7.ClH/c1-10-15-7-26-17(22-16(23-26)8-24-6-12(19)5-21-24)13-4-11(18)2-3-14(13)25(15)9-20-10;/h2-6,9H,7-8H2,1H3;1H. The summed E-state index contributed by atoms with van der Waals surface area (Å²) >= 11 is 9.52. The molecule has 3 aromatic heterocycles. The Kier molecular flexibility index (Phi) is 4.57. The molecule has 0 amide bonds. The second kappa shape index (κ2) is 6.78. The number of hydrogen-bond acceptors (Lipinski definition) is 4. The Bertz CT molecular complexity index is 1140. The van der Waals surface area contributed by atoms with Gasteiger partial charge in [0.25, 0.3) is 0 Å². The van der Waals surface area contributed by atoms with E-state index in [1.807, 2.05) is 24.0 Å². The Balaban J connectivity index is 0.00000180. The molecule has 0 aliphatic carbocycles. The lowest BCUT2D eigenvalue weighted by Gasteiger charge is -2.08. The predicted molar refractivity (Wildman–Crippen MR) is 108 cm³/mol. The maximum atomic E-state index is 5.95. The first-order valence-corrected chi connectivity index (χ1v) is 9.20. The molecule has 0 spiro atoms. The van der Waals surface area contributed by atoms with E-state index >= 15 is 0 Å². The molecule has 0 atom stereocenters. The summed E-state index contributed by atoms with van der Waals surface area (Å²) in [5.74, 6) is 1.52. The second-order valence-corrected chi connectivity index (χ2v) is 7.53. The summed E-state index contributed by atoms with van der Waals surface area (Å²) in [5, 5.41) is 9.52. The second-order valence-electron chi connectivity index (χ2n) is 6.17. The fourth-order valence-electron chi connectivity index (χ4n) is 3.24. The molecule has 0 saturated heterocycles. The zero-order chi connectivity index (χ0) is 17.8. The Hall–Kier alpha value is -2.16. The van der Waals surface area contributed by atoms with Gasteiger partial charge in [-0.25, -0.2) is 14.6 Å². The first-order chi connectivity index (χ1) is 12.6. The van der Waals surface area contributed by atoms with E-state index in [-0.39, 0.29) is 12.4 Å². The first-order valence-electron chi connectivity index (χ1n) is 8.03. The fourth-order valence-corrected chi connectivity index (χ4v) is 3.75. The molecule has 0 fully saturated rings. The van der Waals surface area contributed by atoms with Gasteiger partial charge in [-0.1, -0.05) is 27.5 Å². The topological polar surface area (TPSA) is 66.3 Å². The van der Waals surface area contributed by atoms with Gasteiger partial charge in [-0.3, -0.25) is 4.68 Å². The van der Waals surface area contributed by atoms with Crippen molar-refractivity contribution < 1.29 is 0 Å². The van der Waals surface area contributed by atoms with Gasteiger partial charge in [0.15, 0.2) is 11.6 Å². The highest BCUT2D eigenvalue weighted by atomic mass is 79.9. The number of fused-ring (bicyclic) bond motifs is 5. The SMILES string of the molecule is Cc1ncn2c1Cn1nc(Cn3cc(Cl)cn3)nc1-c1cc(Br)ccc1-2.Cl. The molecular weight excluding hydrogens is 453 g/mol. The van der Waals surface area contributed by atoms with E-state index in [2.05, 4.69) is 42.7 Å². The van der Waals surface area contributed by atoms with Crippen LogP contribution >= 0.6 is 39.9 Å². The van der Waals surface area contributed by atoms with Crippen molar-refractivity contribution in [2.24, 2.45) is 0 Å². The minimum atomic E-state index is 0. The molecule has 4 aromatic rings. The summed E-state index contributed by atoms with van der Waals surface area (Å²) < 4.78 is 6.76. The molecule has 0 radical (unpaired) electrons. The van der Waals surface area contributed by atoms with Gasteiger partial charge in [0.1, 0.15) is 6.54 Å². The largest absolute Gasteiger partial charge is 0.300 e. The number of aromatic nitrogens is 7. The summed E-state index contributed by atoms with van der Waals surface area (Å²) in [6.45, 7) is 3.09. The molecule has 7 nitrogen and oxygen atoms in total. The zero-order valence-corrected chi connectivity index (χ0v) is 17.3. The van der Waals surface area contributed by atoms with Crippen molar-refractivity contribution in [3.8, 4) is 17.1 Å². The van der Waals surface area contributed by atoms with Crippen molar-refractivity contribution >= 4 is 39.9 Å². The summed E-state index contributed by atoms with van der Waals surface area (Å²) in [5.41, 5.74) is 4.14. The van der Waals surface area contributed by atoms with Crippen LogP contribution in [0.15, 0.2) is 41.4 Å². The first kappa shape index (κ1) is 18.2. The van der Waals surface area contributed by atoms with Crippen molar-refractivity contribution in [1.82, 2.24) is 34.1 Å². The van der Waals surface area contributed by atoms with Crippen LogP contribution in [0.2, 0.25) is 5.02 Å². The van der Waals surface area contributed by atoms with Gasteiger partial charge in [-0.2, -0.15) is 10.2 Å². The molecule has 0 saturated carbocycles. The summed E-state index contributed by atoms with van der Waals surface area (Å²) in [4.78, 5) is 9.26. The van der Waals surface area contributed by atoms with E-state index in [1.54, 1.807) is 17.1 Å².